The second-order valence-electron chi connectivity index (χ2n) is 6.91. The monoisotopic (exact) mass is 391 g/mol. The van der Waals surface area contributed by atoms with Crippen LogP contribution in [0.4, 0.5) is 0 Å². The first-order valence-corrected chi connectivity index (χ1v) is 9.51. The van der Waals surface area contributed by atoms with Crippen molar-refractivity contribution in [2.75, 3.05) is 7.11 Å². The van der Waals surface area contributed by atoms with Gasteiger partial charge in [-0.2, -0.15) is 4.98 Å². The molecule has 0 aliphatic heterocycles. The third-order valence-corrected chi connectivity index (χ3v) is 4.80. The van der Waals surface area contributed by atoms with Crippen molar-refractivity contribution in [1.29, 1.82) is 0 Å². The Bertz CT molecular complexity index is 1030. The van der Waals surface area contributed by atoms with Crippen molar-refractivity contribution in [2.24, 2.45) is 0 Å². The Kier molecular flexibility index (Phi) is 6.44. The summed E-state index contributed by atoms with van der Waals surface area (Å²) in [5.74, 6) is 0.621. The fourth-order valence-corrected chi connectivity index (χ4v) is 3.29. The standard InChI is InChI=1S/C23H25N3O3/c1-16-15-17(2)26(23(28)24-16)14-13-21(27)25-22(18-7-5-4-6-8-18)19-9-11-20(29-3)12-10-19/h4-12,15,22H,13-14H2,1-3H3,(H,25,27)/t22-/m0/s1. The molecule has 0 aliphatic carbocycles. The quantitative estimate of drug-likeness (QED) is 0.671. The fourth-order valence-electron chi connectivity index (χ4n) is 3.29. The lowest BCUT2D eigenvalue weighted by atomic mass is 9.98. The molecule has 0 saturated heterocycles. The molecular weight excluding hydrogens is 366 g/mol. The minimum Gasteiger partial charge on any atom is -0.497 e. The van der Waals surface area contributed by atoms with E-state index in [0.717, 1.165) is 22.6 Å². The minimum absolute atomic E-state index is 0.137. The van der Waals surface area contributed by atoms with E-state index in [9.17, 15) is 9.59 Å². The molecule has 1 N–H and O–H groups in total. The third kappa shape index (κ3) is 5.10. The van der Waals surface area contributed by atoms with Crippen LogP contribution in [-0.4, -0.2) is 22.6 Å². The van der Waals surface area contributed by atoms with E-state index in [1.807, 2.05) is 67.6 Å². The van der Waals surface area contributed by atoms with Crippen molar-refractivity contribution in [3.63, 3.8) is 0 Å². The number of carbonyl (C=O) groups excluding carboxylic acids is 1. The summed E-state index contributed by atoms with van der Waals surface area (Å²) < 4.78 is 6.75. The predicted molar refractivity (Wildman–Crippen MR) is 112 cm³/mol. The number of hydrogen-bond acceptors (Lipinski definition) is 4. The summed E-state index contributed by atoms with van der Waals surface area (Å²) in [4.78, 5) is 28.8. The van der Waals surface area contributed by atoms with Crippen LogP contribution in [0, 0.1) is 13.8 Å². The molecule has 1 heterocycles. The zero-order chi connectivity index (χ0) is 20.8. The van der Waals surface area contributed by atoms with Gasteiger partial charge < -0.3 is 10.1 Å². The van der Waals surface area contributed by atoms with Gasteiger partial charge in [-0.15, -0.1) is 0 Å². The summed E-state index contributed by atoms with van der Waals surface area (Å²) in [7, 11) is 1.62. The molecule has 29 heavy (non-hydrogen) atoms. The summed E-state index contributed by atoms with van der Waals surface area (Å²) in [6.45, 7) is 3.91. The molecule has 0 radical (unpaired) electrons. The molecule has 1 amide bonds. The predicted octanol–water partition coefficient (Wildman–Crippen LogP) is 3.16. The number of aryl methyl sites for hydroxylation is 2. The van der Waals surface area contributed by atoms with E-state index in [4.69, 9.17) is 4.74 Å². The zero-order valence-corrected chi connectivity index (χ0v) is 16.9. The van der Waals surface area contributed by atoms with Crippen molar-refractivity contribution < 1.29 is 9.53 Å². The first kappa shape index (κ1) is 20.3. The molecule has 0 bridgehead atoms. The van der Waals surface area contributed by atoms with E-state index < -0.39 is 0 Å². The SMILES string of the molecule is COc1ccc([C@@H](NC(=O)CCn2c(C)cc(C)nc2=O)c2ccccc2)cc1. The second kappa shape index (κ2) is 9.19. The smallest absolute Gasteiger partial charge is 0.347 e. The van der Waals surface area contributed by atoms with E-state index in [1.165, 1.54) is 4.57 Å². The van der Waals surface area contributed by atoms with E-state index in [1.54, 1.807) is 14.0 Å². The Morgan fingerprint density at radius 1 is 1.07 bits per heavy atom. The number of nitrogens with zero attached hydrogens (tertiary/aromatic N) is 2. The molecule has 0 aliphatic rings. The number of nitrogens with one attached hydrogen (secondary N) is 1. The van der Waals surface area contributed by atoms with Gasteiger partial charge in [-0.05, 0) is 43.2 Å². The van der Waals surface area contributed by atoms with Crippen molar-refractivity contribution >= 4 is 5.91 Å². The van der Waals surface area contributed by atoms with Gasteiger partial charge in [0.1, 0.15) is 5.75 Å². The van der Waals surface area contributed by atoms with Crippen LogP contribution in [0.3, 0.4) is 0 Å². The lowest BCUT2D eigenvalue weighted by Crippen LogP contribution is -2.32. The topological polar surface area (TPSA) is 73.2 Å². The highest BCUT2D eigenvalue weighted by Crippen LogP contribution is 2.24. The van der Waals surface area contributed by atoms with Crippen molar-refractivity contribution in [3.8, 4) is 5.75 Å². The maximum Gasteiger partial charge on any atom is 0.347 e. The lowest BCUT2D eigenvalue weighted by Gasteiger charge is -2.20. The second-order valence-corrected chi connectivity index (χ2v) is 6.91. The molecule has 3 rings (SSSR count). The van der Waals surface area contributed by atoms with Gasteiger partial charge in [0.2, 0.25) is 5.91 Å². The van der Waals surface area contributed by atoms with Gasteiger partial charge in [0.15, 0.2) is 0 Å². The van der Waals surface area contributed by atoms with Crippen molar-refractivity contribution in [3.05, 3.63) is 93.7 Å². The van der Waals surface area contributed by atoms with Crippen LogP contribution in [0.1, 0.15) is 35.0 Å². The van der Waals surface area contributed by atoms with Gasteiger partial charge in [-0.1, -0.05) is 42.5 Å². The number of carbonyl (C=O) groups is 1. The number of hydrogen-bond donors (Lipinski definition) is 1. The average Bonchev–Trinajstić information content (AvgIpc) is 2.72. The fraction of sp³-hybridized carbons (Fsp3) is 0.261. The molecule has 1 aromatic heterocycles. The molecule has 0 fully saturated rings. The molecule has 150 valence electrons. The van der Waals surface area contributed by atoms with Crippen LogP contribution >= 0.6 is 0 Å². The summed E-state index contributed by atoms with van der Waals surface area (Å²) in [6, 6.07) is 19.0. The summed E-state index contributed by atoms with van der Waals surface area (Å²) in [5, 5.41) is 3.09. The van der Waals surface area contributed by atoms with E-state index in [-0.39, 0.29) is 30.6 Å². The van der Waals surface area contributed by atoms with Crippen LogP contribution in [0.5, 0.6) is 5.75 Å². The maximum atomic E-state index is 12.7. The van der Waals surface area contributed by atoms with E-state index in [2.05, 4.69) is 10.3 Å². The van der Waals surface area contributed by atoms with Gasteiger partial charge in [0.05, 0.1) is 13.2 Å². The molecule has 0 spiro atoms. The molecule has 3 aromatic rings. The van der Waals surface area contributed by atoms with Crippen LogP contribution in [0.25, 0.3) is 0 Å². The Labute approximate surface area is 170 Å². The van der Waals surface area contributed by atoms with E-state index in [0.29, 0.717) is 5.69 Å². The lowest BCUT2D eigenvalue weighted by molar-refractivity contribution is -0.121. The van der Waals surface area contributed by atoms with Gasteiger partial charge in [-0.25, -0.2) is 4.79 Å². The Morgan fingerprint density at radius 2 is 1.72 bits per heavy atom. The normalized spacial score (nSPS) is 11.7. The van der Waals surface area contributed by atoms with Crippen LogP contribution in [-0.2, 0) is 11.3 Å². The van der Waals surface area contributed by atoms with Gasteiger partial charge >= 0.3 is 5.69 Å². The summed E-state index contributed by atoms with van der Waals surface area (Å²) in [6.07, 6.45) is 0.185. The average molecular weight is 391 g/mol. The summed E-state index contributed by atoms with van der Waals surface area (Å²) in [5.41, 5.74) is 3.08. The zero-order valence-electron chi connectivity index (χ0n) is 16.9. The van der Waals surface area contributed by atoms with E-state index >= 15 is 0 Å². The largest absolute Gasteiger partial charge is 0.497 e. The molecule has 1 atom stereocenters. The van der Waals surface area contributed by atoms with Gasteiger partial charge in [0.25, 0.3) is 0 Å². The van der Waals surface area contributed by atoms with Crippen LogP contribution < -0.4 is 15.7 Å². The Morgan fingerprint density at radius 3 is 2.34 bits per heavy atom. The first-order chi connectivity index (χ1) is 14.0. The molecular formula is C23H25N3O3. The Hall–Kier alpha value is -3.41. The number of amides is 1. The first-order valence-electron chi connectivity index (χ1n) is 9.51. The minimum atomic E-state index is -0.329. The molecule has 0 saturated carbocycles. The molecule has 6 heteroatoms. The number of methoxy groups -OCH3 is 1. The highest BCUT2D eigenvalue weighted by Gasteiger charge is 2.17. The highest BCUT2D eigenvalue weighted by molar-refractivity contribution is 5.77. The highest BCUT2D eigenvalue weighted by atomic mass is 16.5. The van der Waals surface area contributed by atoms with Gasteiger partial charge in [0, 0.05) is 24.4 Å². The molecule has 6 nitrogen and oxygen atoms in total. The van der Waals surface area contributed by atoms with Crippen LogP contribution in [0.15, 0.2) is 65.5 Å². The van der Waals surface area contributed by atoms with Crippen LogP contribution in [0.2, 0.25) is 0 Å². The Balaban J connectivity index is 1.77. The maximum absolute atomic E-state index is 12.7. The third-order valence-electron chi connectivity index (χ3n) is 4.80. The molecule has 2 aromatic carbocycles. The number of ether oxygens (including phenoxy) is 1. The van der Waals surface area contributed by atoms with Gasteiger partial charge in [-0.3, -0.25) is 9.36 Å². The van der Waals surface area contributed by atoms with Crippen molar-refractivity contribution in [2.45, 2.75) is 32.9 Å². The summed E-state index contributed by atoms with van der Waals surface area (Å²) >= 11 is 0. The molecule has 0 unspecified atom stereocenters. The number of benzene rings is 2. The van der Waals surface area contributed by atoms with Crippen molar-refractivity contribution in [1.82, 2.24) is 14.9 Å². The number of rotatable bonds is 7. The number of aromatic nitrogens is 2.